The first-order valence-electron chi connectivity index (χ1n) is 7.08. The van der Waals surface area contributed by atoms with Gasteiger partial charge in [-0.2, -0.15) is 5.10 Å². The van der Waals surface area contributed by atoms with Crippen LogP contribution in [-0.4, -0.2) is 26.6 Å². The zero-order chi connectivity index (χ0) is 16.2. The summed E-state index contributed by atoms with van der Waals surface area (Å²) in [5.41, 5.74) is 1.38. The molecule has 0 unspecified atom stereocenters. The largest absolute Gasteiger partial charge is 0.444 e. The lowest BCUT2D eigenvalue weighted by atomic mass is 10.1. The lowest BCUT2D eigenvalue weighted by Gasteiger charge is -2.18. The van der Waals surface area contributed by atoms with Gasteiger partial charge in [0.1, 0.15) is 6.61 Å². The van der Waals surface area contributed by atoms with Crippen LogP contribution in [0.25, 0.3) is 0 Å². The Morgan fingerprint density at radius 2 is 2.05 bits per heavy atom. The average Bonchev–Trinajstić information content (AvgIpc) is 2.77. The normalized spacial score (nSPS) is 11.3. The van der Waals surface area contributed by atoms with E-state index < -0.39 is 11.7 Å². The highest BCUT2D eigenvalue weighted by Crippen LogP contribution is 2.16. The maximum absolute atomic E-state index is 11.8. The molecule has 2 N–H and O–H groups in total. The molecular weight excluding hydrogens is 282 g/mol. The van der Waals surface area contributed by atoms with Gasteiger partial charge in [0, 0.05) is 0 Å². The fourth-order valence-corrected chi connectivity index (χ4v) is 1.96. The van der Waals surface area contributed by atoms with E-state index in [4.69, 9.17) is 4.74 Å². The lowest BCUT2D eigenvalue weighted by molar-refractivity contribution is 0.0571. The predicted octanol–water partition coefficient (Wildman–Crippen LogP) is 2.71. The minimum atomic E-state index is -0.873. The quantitative estimate of drug-likeness (QED) is 0.890. The van der Waals surface area contributed by atoms with Gasteiger partial charge in [0.25, 0.3) is 0 Å². The predicted molar refractivity (Wildman–Crippen MR) is 83.5 cm³/mol. The number of carbonyl (C=O) groups excluding carboxylic acids is 1. The molecule has 1 amide bonds. The molecule has 0 spiro atoms. The van der Waals surface area contributed by atoms with Gasteiger partial charge in [-0.1, -0.05) is 30.3 Å². The third kappa shape index (κ3) is 4.60. The number of hydrogen-bond acceptors (Lipinski definition) is 4. The van der Waals surface area contributed by atoms with Crippen molar-refractivity contribution < 1.29 is 14.6 Å². The smallest absolute Gasteiger partial charge is 0.412 e. The Morgan fingerprint density at radius 3 is 2.68 bits per heavy atom. The summed E-state index contributed by atoms with van der Waals surface area (Å²) in [5, 5.41) is 16.6. The van der Waals surface area contributed by atoms with E-state index >= 15 is 0 Å². The van der Waals surface area contributed by atoms with Crippen molar-refractivity contribution in [2.24, 2.45) is 0 Å². The first-order chi connectivity index (χ1) is 10.3. The van der Waals surface area contributed by atoms with Crippen LogP contribution >= 0.6 is 0 Å². The second-order valence-electron chi connectivity index (χ2n) is 5.80. The van der Waals surface area contributed by atoms with Crippen molar-refractivity contribution in [2.45, 2.75) is 39.5 Å². The van der Waals surface area contributed by atoms with Gasteiger partial charge in [-0.15, -0.1) is 0 Å². The molecule has 0 bridgehead atoms. The molecular formula is C16H21N3O3. The van der Waals surface area contributed by atoms with E-state index in [9.17, 15) is 9.90 Å². The van der Waals surface area contributed by atoms with Crippen LogP contribution < -0.4 is 5.32 Å². The van der Waals surface area contributed by atoms with Crippen molar-refractivity contribution in [2.75, 3.05) is 5.32 Å². The van der Waals surface area contributed by atoms with E-state index in [-0.39, 0.29) is 6.61 Å². The zero-order valence-corrected chi connectivity index (χ0v) is 13.0. The molecule has 0 radical (unpaired) electrons. The molecule has 22 heavy (non-hydrogen) atoms. The second kappa shape index (κ2) is 6.62. The molecule has 2 aromatic rings. The van der Waals surface area contributed by atoms with Crippen LogP contribution in [0.15, 0.2) is 36.5 Å². The number of ether oxygens (including phenoxy) is 1. The number of benzene rings is 1. The highest BCUT2D eigenvalue weighted by atomic mass is 16.5. The SMILES string of the molecule is Cc1c(NC(=O)OCc2ccccc2)cnn1CC(C)(C)O. The number of nitrogens with zero attached hydrogens (tertiary/aromatic N) is 2. The Kier molecular flexibility index (Phi) is 4.82. The van der Waals surface area contributed by atoms with Crippen LogP contribution in [0.2, 0.25) is 0 Å². The third-order valence-corrected chi connectivity index (χ3v) is 3.09. The first-order valence-corrected chi connectivity index (χ1v) is 7.08. The summed E-state index contributed by atoms with van der Waals surface area (Å²) in [6, 6.07) is 9.46. The molecule has 6 nitrogen and oxygen atoms in total. The van der Waals surface area contributed by atoms with Crippen LogP contribution in [0.3, 0.4) is 0 Å². The van der Waals surface area contributed by atoms with Crippen molar-refractivity contribution in [1.29, 1.82) is 0 Å². The lowest BCUT2D eigenvalue weighted by Crippen LogP contribution is -2.27. The Hall–Kier alpha value is -2.34. The molecule has 118 valence electrons. The fourth-order valence-electron chi connectivity index (χ4n) is 1.96. The van der Waals surface area contributed by atoms with Crippen LogP contribution in [0.1, 0.15) is 25.1 Å². The minimum Gasteiger partial charge on any atom is -0.444 e. The standard InChI is InChI=1S/C16H21N3O3/c1-12-14(9-17-19(12)11-16(2,3)21)18-15(20)22-10-13-7-5-4-6-8-13/h4-9,21H,10-11H2,1-3H3,(H,18,20). The van der Waals surface area contributed by atoms with Gasteiger partial charge >= 0.3 is 6.09 Å². The summed E-state index contributed by atoms with van der Waals surface area (Å²) in [7, 11) is 0. The molecule has 0 saturated heterocycles. The molecule has 6 heteroatoms. The van der Waals surface area contributed by atoms with Gasteiger partial charge in [0.2, 0.25) is 0 Å². The Balaban J connectivity index is 1.92. The van der Waals surface area contributed by atoms with Crippen molar-refractivity contribution >= 4 is 11.8 Å². The second-order valence-corrected chi connectivity index (χ2v) is 5.80. The number of carbonyl (C=O) groups is 1. The topological polar surface area (TPSA) is 76.4 Å². The molecule has 0 atom stereocenters. The van der Waals surface area contributed by atoms with Crippen molar-refractivity contribution in [3.63, 3.8) is 0 Å². The van der Waals surface area contributed by atoms with Gasteiger partial charge in [0.05, 0.1) is 29.7 Å². The highest BCUT2D eigenvalue weighted by molar-refractivity contribution is 5.85. The monoisotopic (exact) mass is 303 g/mol. The number of aromatic nitrogens is 2. The molecule has 1 heterocycles. The summed E-state index contributed by atoms with van der Waals surface area (Å²) in [6.07, 6.45) is 1.01. The molecule has 0 fully saturated rings. The van der Waals surface area contributed by atoms with Crippen LogP contribution in [0.4, 0.5) is 10.5 Å². The first kappa shape index (κ1) is 16.0. The number of anilines is 1. The number of rotatable bonds is 5. The maximum atomic E-state index is 11.8. The van der Waals surface area contributed by atoms with Gasteiger partial charge in [-0.05, 0) is 26.3 Å². The van der Waals surface area contributed by atoms with E-state index in [0.29, 0.717) is 12.2 Å². The number of nitrogens with one attached hydrogen (secondary N) is 1. The summed E-state index contributed by atoms with van der Waals surface area (Å²) in [4.78, 5) is 11.8. The fraction of sp³-hybridized carbons (Fsp3) is 0.375. The molecule has 1 aromatic heterocycles. The van der Waals surface area contributed by atoms with E-state index in [1.165, 1.54) is 0 Å². The van der Waals surface area contributed by atoms with Gasteiger partial charge in [-0.3, -0.25) is 10.00 Å². The van der Waals surface area contributed by atoms with E-state index in [0.717, 1.165) is 11.3 Å². The molecule has 0 aliphatic heterocycles. The molecule has 2 rings (SSSR count). The van der Waals surface area contributed by atoms with E-state index in [1.807, 2.05) is 37.3 Å². The maximum Gasteiger partial charge on any atom is 0.412 e. The average molecular weight is 303 g/mol. The summed E-state index contributed by atoms with van der Waals surface area (Å²) < 4.78 is 6.81. The number of hydrogen-bond donors (Lipinski definition) is 2. The minimum absolute atomic E-state index is 0.212. The van der Waals surface area contributed by atoms with E-state index in [2.05, 4.69) is 10.4 Å². The van der Waals surface area contributed by atoms with Gasteiger partial charge in [-0.25, -0.2) is 4.79 Å². The number of amides is 1. The van der Waals surface area contributed by atoms with Crippen LogP contribution in [0, 0.1) is 6.92 Å². The Morgan fingerprint density at radius 1 is 1.36 bits per heavy atom. The van der Waals surface area contributed by atoms with Crippen LogP contribution in [0.5, 0.6) is 0 Å². The Bertz CT molecular complexity index is 630. The van der Waals surface area contributed by atoms with Crippen molar-refractivity contribution in [3.05, 3.63) is 47.8 Å². The molecule has 0 saturated carbocycles. The summed E-state index contributed by atoms with van der Waals surface area (Å²) in [6.45, 7) is 5.79. The van der Waals surface area contributed by atoms with Crippen molar-refractivity contribution in [1.82, 2.24) is 9.78 Å². The third-order valence-electron chi connectivity index (χ3n) is 3.09. The summed E-state index contributed by atoms with van der Waals surface area (Å²) in [5.74, 6) is 0. The van der Waals surface area contributed by atoms with Gasteiger partial charge < -0.3 is 9.84 Å². The molecule has 0 aliphatic carbocycles. The zero-order valence-electron chi connectivity index (χ0n) is 13.0. The Labute approximate surface area is 129 Å². The van der Waals surface area contributed by atoms with Crippen LogP contribution in [-0.2, 0) is 17.9 Å². The van der Waals surface area contributed by atoms with E-state index in [1.54, 1.807) is 24.7 Å². The van der Waals surface area contributed by atoms with Crippen molar-refractivity contribution in [3.8, 4) is 0 Å². The van der Waals surface area contributed by atoms with Gasteiger partial charge in [0.15, 0.2) is 0 Å². The molecule has 1 aromatic carbocycles. The molecule has 0 aliphatic rings. The highest BCUT2D eigenvalue weighted by Gasteiger charge is 2.17. The summed E-state index contributed by atoms with van der Waals surface area (Å²) >= 11 is 0. The number of aliphatic hydroxyl groups is 1.